The number of thiophene rings is 1. The zero-order valence-electron chi connectivity index (χ0n) is 14.6. The van der Waals surface area contributed by atoms with Crippen molar-refractivity contribution in [1.82, 2.24) is 5.32 Å². The van der Waals surface area contributed by atoms with Crippen molar-refractivity contribution in [3.8, 4) is 0 Å². The van der Waals surface area contributed by atoms with Crippen LogP contribution in [0, 0.1) is 23.2 Å². The molecule has 5 fully saturated rings. The molecule has 0 aromatic carbocycles. The highest BCUT2D eigenvalue weighted by atomic mass is 32.1. The minimum absolute atomic E-state index is 0.00396. The van der Waals surface area contributed by atoms with Crippen molar-refractivity contribution in [2.75, 3.05) is 6.54 Å². The smallest absolute Gasteiger partial charge is 0.226 e. The monoisotopic (exact) mass is 343 g/mol. The van der Waals surface area contributed by atoms with Gasteiger partial charge in [0.05, 0.1) is 0 Å². The Balaban J connectivity index is 1.32. The molecule has 4 bridgehead atoms. The molecule has 5 aliphatic carbocycles. The lowest BCUT2D eigenvalue weighted by Crippen LogP contribution is -2.55. The molecule has 1 heterocycles. The topological polar surface area (TPSA) is 29.1 Å². The number of nitrogens with one attached hydrogen (secondary N) is 1. The average Bonchev–Trinajstić information content (AvgIpc) is 3.23. The molecule has 0 atom stereocenters. The Morgan fingerprint density at radius 3 is 2.25 bits per heavy atom. The number of amides is 1. The minimum Gasteiger partial charge on any atom is -0.355 e. The molecule has 24 heavy (non-hydrogen) atoms. The second-order valence-electron chi connectivity index (χ2n) is 9.35. The third-order valence-electron chi connectivity index (χ3n) is 7.71. The lowest BCUT2D eigenvalue weighted by molar-refractivity contribution is -0.146. The van der Waals surface area contributed by atoms with E-state index in [9.17, 15) is 4.79 Å². The van der Waals surface area contributed by atoms with Crippen molar-refractivity contribution in [2.24, 2.45) is 23.2 Å². The summed E-state index contributed by atoms with van der Waals surface area (Å²) in [5.74, 6) is 2.95. The van der Waals surface area contributed by atoms with E-state index in [4.69, 9.17) is 0 Å². The van der Waals surface area contributed by atoms with Crippen LogP contribution in [0.25, 0.3) is 0 Å². The first kappa shape index (κ1) is 15.4. The fourth-order valence-electron chi connectivity index (χ4n) is 6.97. The average molecular weight is 344 g/mol. The van der Waals surface area contributed by atoms with E-state index >= 15 is 0 Å². The fraction of sp³-hybridized carbons (Fsp3) is 0.762. The molecule has 130 valence electrons. The molecule has 2 nitrogen and oxygen atoms in total. The van der Waals surface area contributed by atoms with Gasteiger partial charge in [0.2, 0.25) is 5.91 Å². The van der Waals surface area contributed by atoms with Crippen LogP contribution in [-0.4, -0.2) is 12.5 Å². The molecule has 0 saturated heterocycles. The van der Waals surface area contributed by atoms with Gasteiger partial charge in [0.15, 0.2) is 0 Å². The van der Waals surface area contributed by atoms with Gasteiger partial charge < -0.3 is 5.32 Å². The van der Waals surface area contributed by atoms with Crippen LogP contribution in [0.5, 0.6) is 0 Å². The van der Waals surface area contributed by atoms with E-state index in [0.717, 1.165) is 24.3 Å². The highest BCUT2D eigenvalue weighted by molar-refractivity contribution is 7.10. The van der Waals surface area contributed by atoms with E-state index in [1.807, 2.05) is 11.3 Å². The third-order valence-corrected chi connectivity index (χ3v) is 8.83. The van der Waals surface area contributed by atoms with Gasteiger partial charge in [-0.1, -0.05) is 18.9 Å². The summed E-state index contributed by atoms with van der Waals surface area (Å²) in [5, 5.41) is 5.67. The minimum atomic E-state index is 0.00396. The van der Waals surface area contributed by atoms with Crippen LogP contribution in [0.3, 0.4) is 0 Å². The Morgan fingerprint density at radius 1 is 1.08 bits per heavy atom. The molecule has 1 aromatic heterocycles. The van der Waals surface area contributed by atoms with Gasteiger partial charge >= 0.3 is 0 Å². The summed E-state index contributed by atoms with van der Waals surface area (Å²) in [5.41, 5.74) is 0.232. The molecule has 1 aromatic rings. The number of carbonyl (C=O) groups excluding carboxylic acids is 1. The van der Waals surface area contributed by atoms with Crippen LogP contribution in [-0.2, 0) is 10.2 Å². The maximum atomic E-state index is 13.3. The summed E-state index contributed by atoms with van der Waals surface area (Å²) in [6, 6.07) is 4.45. The Labute approximate surface area is 149 Å². The molecule has 6 rings (SSSR count). The maximum Gasteiger partial charge on any atom is 0.226 e. The number of carbonyl (C=O) groups is 1. The highest BCUT2D eigenvalue weighted by Crippen LogP contribution is 2.60. The molecule has 5 aliphatic rings. The molecular formula is C21H29NOS. The van der Waals surface area contributed by atoms with Gasteiger partial charge in [-0.15, -0.1) is 11.3 Å². The quantitative estimate of drug-likeness (QED) is 0.828. The second kappa shape index (κ2) is 5.59. The van der Waals surface area contributed by atoms with Gasteiger partial charge in [0.25, 0.3) is 0 Å². The van der Waals surface area contributed by atoms with Crippen LogP contribution in [0.4, 0.5) is 0 Å². The van der Waals surface area contributed by atoms with Crippen molar-refractivity contribution in [1.29, 1.82) is 0 Å². The van der Waals surface area contributed by atoms with Crippen LogP contribution in [0.1, 0.15) is 69.1 Å². The largest absolute Gasteiger partial charge is 0.355 e. The molecule has 0 radical (unpaired) electrons. The van der Waals surface area contributed by atoms with Crippen LogP contribution < -0.4 is 5.32 Å². The summed E-state index contributed by atoms with van der Waals surface area (Å²) in [6.45, 7) is 0.869. The van der Waals surface area contributed by atoms with E-state index in [1.165, 1.54) is 69.1 Å². The van der Waals surface area contributed by atoms with Gasteiger partial charge in [-0.2, -0.15) is 0 Å². The Morgan fingerprint density at radius 2 is 1.71 bits per heavy atom. The lowest BCUT2D eigenvalue weighted by atomic mass is 9.49. The summed E-state index contributed by atoms with van der Waals surface area (Å²) in [4.78, 5) is 14.7. The number of hydrogen-bond acceptors (Lipinski definition) is 2. The lowest BCUT2D eigenvalue weighted by Gasteiger charge is -2.55. The van der Waals surface area contributed by atoms with Crippen molar-refractivity contribution in [3.05, 3.63) is 22.4 Å². The molecule has 1 N–H and O–H groups in total. The number of hydrogen-bond donors (Lipinski definition) is 1. The first-order valence-electron chi connectivity index (χ1n) is 10.00. The standard InChI is InChI=1S/C21H29NOS/c23-19(21-11-15-8-16(12-21)10-17(9-15)13-21)22-14-20(5-1-2-6-20)18-4-3-7-24-18/h3-4,7,15-17H,1-2,5-6,8-14H2,(H,22,23). The van der Waals surface area contributed by atoms with E-state index in [-0.39, 0.29) is 10.8 Å². The Kier molecular flexibility index (Phi) is 3.59. The summed E-state index contributed by atoms with van der Waals surface area (Å²) in [6.07, 6.45) is 12.9. The fourth-order valence-corrected chi connectivity index (χ4v) is 7.96. The van der Waals surface area contributed by atoms with E-state index in [1.54, 1.807) is 0 Å². The predicted octanol–water partition coefficient (Wildman–Crippen LogP) is 4.89. The van der Waals surface area contributed by atoms with Gasteiger partial charge in [-0.3, -0.25) is 4.79 Å². The third kappa shape index (κ3) is 2.38. The molecule has 3 heteroatoms. The van der Waals surface area contributed by atoms with Crippen LogP contribution in [0.2, 0.25) is 0 Å². The molecule has 0 aliphatic heterocycles. The van der Waals surface area contributed by atoms with Gasteiger partial charge in [0, 0.05) is 22.3 Å². The van der Waals surface area contributed by atoms with E-state index in [2.05, 4.69) is 22.8 Å². The summed E-state index contributed by atoms with van der Waals surface area (Å²) < 4.78 is 0. The van der Waals surface area contributed by atoms with Crippen molar-refractivity contribution < 1.29 is 4.79 Å². The van der Waals surface area contributed by atoms with Crippen molar-refractivity contribution >= 4 is 17.2 Å². The Bertz CT molecular complexity index is 579. The first-order valence-corrected chi connectivity index (χ1v) is 10.9. The van der Waals surface area contributed by atoms with Crippen molar-refractivity contribution in [3.63, 3.8) is 0 Å². The predicted molar refractivity (Wildman–Crippen MR) is 98.1 cm³/mol. The zero-order valence-corrected chi connectivity index (χ0v) is 15.4. The van der Waals surface area contributed by atoms with Crippen LogP contribution >= 0.6 is 11.3 Å². The normalized spacial score (nSPS) is 39.2. The first-order chi connectivity index (χ1) is 11.7. The SMILES string of the molecule is O=C(NCC1(c2cccs2)CCCC1)C12CC3CC(CC(C3)C1)C2. The highest BCUT2D eigenvalue weighted by Gasteiger charge is 2.54. The van der Waals surface area contributed by atoms with Gasteiger partial charge in [-0.05, 0) is 80.6 Å². The van der Waals surface area contributed by atoms with Gasteiger partial charge in [-0.25, -0.2) is 0 Å². The Hall–Kier alpha value is -0.830. The van der Waals surface area contributed by atoms with Crippen LogP contribution in [0.15, 0.2) is 17.5 Å². The molecular weight excluding hydrogens is 314 g/mol. The zero-order chi connectivity index (χ0) is 16.2. The van der Waals surface area contributed by atoms with Crippen molar-refractivity contribution in [2.45, 2.75) is 69.6 Å². The maximum absolute atomic E-state index is 13.3. The van der Waals surface area contributed by atoms with E-state index < -0.39 is 0 Å². The molecule has 0 spiro atoms. The summed E-state index contributed by atoms with van der Waals surface area (Å²) in [7, 11) is 0. The number of rotatable bonds is 4. The van der Waals surface area contributed by atoms with Gasteiger partial charge in [0.1, 0.15) is 0 Å². The molecule has 5 saturated carbocycles. The van der Waals surface area contributed by atoms with E-state index in [0.29, 0.717) is 5.91 Å². The summed E-state index contributed by atoms with van der Waals surface area (Å²) >= 11 is 1.88. The molecule has 1 amide bonds. The molecule has 0 unspecified atom stereocenters. The second-order valence-corrected chi connectivity index (χ2v) is 10.3.